The van der Waals surface area contributed by atoms with Gasteiger partial charge in [-0.05, 0) is 18.8 Å². The lowest BCUT2D eigenvalue weighted by Gasteiger charge is -2.05. The molecule has 1 aliphatic carbocycles. The van der Waals surface area contributed by atoms with Crippen LogP contribution in [0.3, 0.4) is 0 Å². The van der Waals surface area contributed by atoms with E-state index < -0.39 is 0 Å². The molecule has 0 N–H and O–H groups in total. The molecule has 0 aliphatic heterocycles. The molecule has 1 saturated carbocycles. The van der Waals surface area contributed by atoms with Crippen LogP contribution in [-0.4, -0.2) is 12.6 Å². The summed E-state index contributed by atoms with van der Waals surface area (Å²) < 4.78 is 5.30. The van der Waals surface area contributed by atoms with E-state index in [9.17, 15) is 4.79 Å². The monoisotopic (exact) mass is 366 g/mol. The minimum absolute atomic E-state index is 0.0258. The van der Waals surface area contributed by atoms with Crippen molar-refractivity contribution < 1.29 is 9.53 Å². The smallest absolute Gasteiger partial charge is 0.305 e. The minimum atomic E-state index is 0.0258. The molecule has 0 aromatic carbocycles. The normalized spacial score (nSPS) is 13.9. The second-order valence-corrected chi connectivity index (χ2v) is 8.51. The van der Waals surface area contributed by atoms with Crippen molar-refractivity contribution in [2.24, 2.45) is 5.92 Å². The zero-order valence-electron chi connectivity index (χ0n) is 17.7. The van der Waals surface area contributed by atoms with Crippen molar-refractivity contribution in [2.45, 2.75) is 135 Å². The average molecular weight is 367 g/mol. The molecule has 26 heavy (non-hydrogen) atoms. The minimum Gasteiger partial charge on any atom is -0.466 e. The Hall–Kier alpha value is -0.530. The first kappa shape index (κ1) is 23.5. The summed E-state index contributed by atoms with van der Waals surface area (Å²) in [6, 6.07) is 0. The molecule has 2 heteroatoms. The molecule has 0 bridgehead atoms. The van der Waals surface area contributed by atoms with Gasteiger partial charge in [0, 0.05) is 6.42 Å². The van der Waals surface area contributed by atoms with E-state index in [1.54, 1.807) is 0 Å². The Morgan fingerprint density at radius 2 is 1.12 bits per heavy atom. The van der Waals surface area contributed by atoms with E-state index >= 15 is 0 Å². The van der Waals surface area contributed by atoms with Gasteiger partial charge in [-0.15, -0.1) is 0 Å². The van der Waals surface area contributed by atoms with Gasteiger partial charge in [-0.25, -0.2) is 0 Å². The summed E-state index contributed by atoms with van der Waals surface area (Å²) in [4.78, 5) is 11.5. The van der Waals surface area contributed by atoms with Crippen LogP contribution in [0.1, 0.15) is 135 Å². The summed E-state index contributed by atoms with van der Waals surface area (Å²) in [5, 5.41) is 0. The Labute approximate surface area is 163 Å². The fourth-order valence-electron chi connectivity index (χ4n) is 3.64. The molecule has 0 saturated heterocycles. The second-order valence-electron chi connectivity index (χ2n) is 8.51. The van der Waals surface area contributed by atoms with Crippen molar-refractivity contribution in [1.29, 1.82) is 0 Å². The fourth-order valence-corrected chi connectivity index (χ4v) is 3.64. The first-order valence-electron chi connectivity index (χ1n) is 12.0. The Bertz CT molecular complexity index is 309. The van der Waals surface area contributed by atoms with Crippen LogP contribution in [-0.2, 0) is 9.53 Å². The maximum absolute atomic E-state index is 11.5. The summed E-state index contributed by atoms with van der Waals surface area (Å²) in [5.74, 6) is 0.857. The molecule has 1 rings (SSSR count). The molecule has 0 radical (unpaired) electrons. The summed E-state index contributed by atoms with van der Waals surface area (Å²) in [6.45, 7) is 2.93. The lowest BCUT2D eigenvalue weighted by molar-refractivity contribution is -0.144. The van der Waals surface area contributed by atoms with Crippen LogP contribution < -0.4 is 0 Å². The van der Waals surface area contributed by atoms with Gasteiger partial charge in [0.05, 0.1) is 6.61 Å². The maximum Gasteiger partial charge on any atom is 0.305 e. The van der Waals surface area contributed by atoms with Crippen molar-refractivity contribution in [3.63, 3.8) is 0 Å². The van der Waals surface area contributed by atoms with Gasteiger partial charge in [0.1, 0.15) is 0 Å². The SMILES string of the molecule is CCCCCCCCCCCCCCCCCCOC(=O)CCC1CC1. The molecule has 0 spiro atoms. The van der Waals surface area contributed by atoms with Crippen LogP contribution in [0.15, 0.2) is 0 Å². The van der Waals surface area contributed by atoms with Crippen molar-refractivity contribution in [3.05, 3.63) is 0 Å². The lowest BCUT2D eigenvalue weighted by Crippen LogP contribution is -2.05. The summed E-state index contributed by atoms with van der Waals surface area (Å²) >= 11 is 0. The highest BCUT2D eigenvalue weighted by atomic mass is 16.5. The summed E-state index contributed by atoms with van der Waals surface area (Å²) in [7, 11) is 0. The van der Waals surface area contributed by atoms with Gasteiger partial charge in [0.15, 0.2) is 0 Å². The van der Waals surface area contributed by atoms with E-state index in [4.69, 9.17) is 4.74 Å². The van der Waals surface area contributed by atoms with E-state index in [0.29, 0.717) is 13.0 Å². The molecule has 0 amide bonds. The molecule has 1 fully saturated rings. The number of unbranched alkanes of at least 4 members (excludes halogenated alkanes) is 15. The molecule has 0 aromatic heterocycles. The number of hydrogen-bond acceptors (Lipinski definition) is 2. The van der Waals surface area contributed by atoms with Crippen LogP contribution in [0.5, 0.6) is 0 Å². The van der Waals surface area contributed by atoms with Crippen LogP contribution >= 0.6 is 0 Å². The average Bonchev–Trinajstić information content (AvgIpc) is 3.47. The van der Waals surface area contributed by atoms with Gasteiger partial charge in [-0.3, -0.25) is 4.79 Å². The highest BCUT2D eigenvalue weighted by Gasteiger charge is 2.22. The van der Waals surface area contributed by atoms with E-state index in [1.165, 1.54) is 109 Å². The number of hydrogen-bond donors (Lipinski definition) is 0. The van der Waals surface area contributed by atoms with E-state index in [0.717, 1.165) is 18.8 Å². The fraction of sp³-hybridized carbons (Fsp3) is 0.958. The standard InChI is InChI=1S/C24H46O2/c1-2-3-4-5-6-7-8-9-10-11-12-13-14-15-16-17-22-26-24(25)21-20-23-18-19-23/h23H,2-22H2,1H3. The van der Waals surface area contributed by atoms with Crippen molar-refractivity contribution in [1.82, 2.24) is 0 Å². The first-order valence-corrected chi connectivity index (χ1v) is 12.0. The largest absolute Gasteiger partial charge is 0.466 e. The molecular formula is C24H46O2. The third-order valence-electron chi connectivity index (χ3n) is 5.71. The lowest BCUT2D eigenvalue weighted by atomic mass is 10.0. The molecule has 0 aromatic rings. The number of carbonyl (C=O) groups excluding carboxylic acids is 1. The van der Waals surface area contributed by atoms with Crippen LogP contribution in [0.4, 0.5) is 0 Å². The molecule has 1 aliphatic rings. The Morgan fingerprint density at radius 3 is 1.54 bits per heavy atom. The third kappa shape index (κ3) is 16.9. The predicted molar refractivity (Wildman–Crippen MR) is 112 cm³/mol. The quantitative estimate of drug-likeness (QED) is 0.161. The Morgan fingerprint density at radius 1 is 0.692 bits per heavy atom. The van der Waals surface area contributed by atoms with Crippen LogP contribution in [0.2, 0.25) is 0 Å². The maximum atomic E-state index is 11.5. The molecule has 0 heterocycles. The molecule has 154 valence electrons. The Kier molecular flexibility index (Phi) is 16.2. The number of esters is 1. The topological polar surface area (TPSA) is 26.3 Å². The highest BCUT2D eigenvalue weighted by molar-refractivity contribution is 5.69. The van der Waals surface area contributed by atoms with Gasteiger partial charge in [-0.1, -0.05) is 116 Å². The van der Waals surface area contributed by atoms with Crippen molar-refractivity contribution >= 4 is 5.97 Å². The third-order valence-corrected chi connectivity index (χ3v) is 5.71. The van der Waals surface area contributed by atoms with Gasteiger partial charge >= 0.3 is 5.97 Å². The van der Waals surface area contributed by atoms with Gasteiger partial charge in [0.2, 0.25) is 0 Å². The summed E-state index contributed by atoms with van der Waals surface area (Å²) in [6.07, 6.45) is 26.4. The van der Waals surface area contributed by atoms with Gasteiger partial charge in [0.25, 0.3) is 0 Å². The predicted octanol–water partition coefficient (Wildman–Crippen LogP) is 7.98. The number of rotatable bonds is 20. The molecule has 0 atom stereocenters. The van der Waals surface area contributed by atoms with Crippen LogP contribution in [0.25, 0.3) is 0 Å². The molecule has 2 nitrogen and oxygen atoms in total. The summed E-state index contributed by atoms with van der Waals surface area (Å²) in [5.41, 5.74) is 0. The zero-order valence-corrected chi connectivity index (χ0v) is 17.7. The number of carbonyl (C=O) groups is 1. The first-order chi connectivity index (χ1) is 12.8. The van der Waals surface area contributed by atoms with Crippen molar-refractivity contribution in [3.8, 4) is 0 Å². The Balaban J connectivity index is 1.65. The van der Waals surface area contributed by atoms with E-state index in [2.05, 4.69) is 6.92 Å². The zero-order chi connectivity index (χ0) is 18.7. The van der Waals surface area contributed by atoms with Gasteiger partial charge < -0.3 is 4.74 Å². The molecule has 0 unspecified atom stereocenters. The van der Waals surface area contributed by atoms with Gasteiger partial charge in [-0.2, -0.15) is 0 Å². The highest BCUT2D eigenvalue weighted by Crippen LogP contribution is 2.33. The van der Waals surface area contributed by atoms with E-state index in [1.807, 2.05) is 0 Å². The second kappa shape index (κ2) is 17.9. The number of ether oxygens (including phenoxy) is 1. The van der Waals surface area contributed by atoms with Crippen molar-refractivity contribution in [2.75, 3.05) is 6.61 Å². The van der Waals surface area contributed by atoms with Crippen LogP contribution in [0, 0.1) is 5.92 Å². The van der Waals surface area contributed by atoms with E-state index in [-0.39, 0.29) is 5.97 Å². The molecular weight excluding hydrogens is 320 g/mol.